The number of hydrogen-bond acceptors (Lipinski definition) is 4. The molecular formula is C12H24ClNO4S2. The molecule has 0 N–H and O–H groups in total. The van der Waals surface area contributed by atoms with E-state index in [9.17, 15) is 16.8 Å². The van der Waals surface area contributed by atoms with Crippen molar-refractivity contribution in [3.8, 4) is 0 Å². The van der Waals surface area contributed by atoms with Gasteiger partial charge in [0.1, 0.15) is 0 Å². The van der Waals surface area contributed by atoms with Crippen LogP contribution >= 0.6 is 11.6 Å². The third-order valence-electron chi connectivity index (χ3n) is 3.49. The van der Waals surface area contributed by atoms with Crippen molar-refractivity contribution < 1.29 is 16.8 Å². The van der Waals surface area contributed by atoms with Gasteiger partial charge in [-0.2, -0.15) is 4.31 Å². The molecule has 120 valence electrons. The standard InChI is InChI=1S/C12H24ClNO4S2/c1-2-3-8-14(12-6-10-19(15,16)11-12)20(17,18)9-5-4-7-13/h12H,2-11H2,1H3. The van der Waals surface area contributed by atoms with E-state index in [4.69, 9.17) is 11.6 Å². The number of sulfonamides is 1. The first-order chi connectivity index (χ1) is 9.32. The summed E-state index contributed by atoms with van der Waals surface area (Å²) >= 11 is 5.57. The Morgan fingerprint density at radius 2 is 1.95 bits per heavy atom. The zero-order valence-electron chi connectivity index (χ0n) is 11.9. The van der Waals surface area contributed by atoms with Gasteiger partial charge in [0.15, 0.2) is 9.84 Å². The molecule has 0 bridgehead atoms. The summed E-state index contributed by atoms with van der Waals surface area (Å²) in [7, 11) is -6.47. The van der Waals surface area contributed by atoms with E-state index in [0.29, 0.717) is 31.7 Å². The fourth-order valence-electron chi connectivity index (χ4n) is 2.36. The molecule has 0 aromatic carbocycles. The molecule has 0 radical (unpaired) electrons. The lowest BCUT2D eigenvalue weighted by molar-refractivity contribution is 0.334. The average Bonchev–Trinajstić information content (AvgIpc) is 2.70. The van der Waals surface area contributed by atoms with Gasteiger partial charge in [0.2, 0.25) is 10.0 Å². The summed E-state index contributed by atoms with van der Waals surface area (Å²) in [5.74, 6) is 0.561. The van der Waals surface area contributed by atoms with Gasteiger partial charge in [-0.3, -0.25) is 0 Å². The van der Waals surface area contributed by atoms with Gasteiger partial charge in [-0.15, -0.1) is 11.6 Å². The maximum Gasteiger partial charge on any atom is 0.214 e. The number of hydrogen-bond donors (Lipinski definition) is 0. The maximum atomic E-state index is 12.4. The van der Waals surface area contributed by atoms with E-state index in [2.05, 4.69) is 0 Å². The van der Waals surface area contributed by atoms with Crippen LogP contribution in [-0.4, -0.2) is 56.9 Å². The first-order valence-corrected chi connectivity index (χ1v) is 11.0. The predicted molar refractivity (Wildman–Crippen MR) is 82.4 cm³/mol. The normalized spacial score (nSPS) is 22.4. The van der Waals surface area contributed by atoms with Crippen LogP contribution in [0.1, 0.15) is 39.0 Å². The second-order valence-electron chi connectivity index (χ2n) is 5.23. The van der Waals surface area contributed by atoms with Crippen LogP contribution in [0.25, 0.3) is 0 Å². The first kappa shape index (κ1) is 18.2. The van der Waals surface area contributed by atoms with Crippen LogP contribution < -0.4 is 0 Å². The Kier molecular flexibility index (Phi) is 7.24. The fraction of sp³-hybridized carbons (Fsp3) is 1.00. The number of halogens is 1. The minimum Gasteiger partial charge on any atom is -0.229 e. The number of unbranched alkanes of at least 4 members (excludes halogenated alkanes) is 2. The number of rotatable bonds is 9. The molecule has 5 nitrogen and oxygen atoms in total. The summed E-state index contributed by atoms with van der Waals surface area (Å²) < 4.78 is 49.4. The van der Waals surface area contributed by atoms with Crippen molar-refractivity contribution in [1.82, 2.24) is 4.31 Å². The highest BCUT2D eigenvalue weighted by Crippen LogP contribution is 2.22. The lowest BCUT2D eigenvalue weighted by Crippen LogP contribution is -2.42. The molecule has 1 aliphatic heterocycles. The molecule has 0 saturated carbocycles. The van der Waals surface area contributed by atoms with Crippen molar-refractivity contribution in [1.29, 1.82) is 0 Å². The van der Waals surface area contributed by atoms with Crippen LogP contribution in [0.4, 0.5) is 0 Å². The quantitative estimate of drug-likeness (QED) is 0.470. The molecule has 1 fully saturated rings. The SMILES string of the molecule is CCCCN(C1CCS(=O)(=O)C1)S(=O)(=O)CCCCCl. The molecule has 1 rings (SSSR count). The predicted octanol–water partition coefficient (Wildman–Crippen LogP) is 1.62. The third-order valence-corrected chi connectivity index (χ3v) is 7.51. The van der Waals surface area contributed by atoms with Crippen LogP contribution in [0.3, 0.4) is 0 Å². The molecule has 0 aromatic heterocycles. The van der Waals surface area contributed by atoms with E-state index in [1.165, 1.54) is 4.31 Å². The summed E-state index contributed by atoms with van der Waals surface area (Å²) in [5, 5.41) is 0. The summed E-state index contributed by atoms with van der Waals surface area (Å²) in [6.45, 7) is 2.41. The molecule has 0 amide bonds. The second kappa shape index (κ2) is 7.96. The highest BCUT2D eigenvalue weighted by atomic mass is 35.5. The van der Waals surface area contributed by atoms with Crippen molar-refractivity contribution in [3.63, 3.8) is 0 Å². The molecule has 8 heteroatoms. The van der Waals surface area contributed by atoms with Crippen LogP contribution in [-0.2, 0) is 19.9 Å². The number of sulfone groups is 1. The Bertz CT molecular complexity index is 490. The van der Waals surface area contributed by atoms with Gasteiger partial charge in [0.25, 0.3) is 0 Å². The van der Waals surface area contributed by atoms with Gasteiger partial charge in [-0.05, 0) is 25.7 Å². The minimum atomic E-state index is -3.39. The molecule has 1 heterocycles. The summed E-state index contributed by atoms with van der Waals surface area (Å²) in [6, 6.07) is -0.382. The summed E-state index contributed by atoms with van der Waals surface area (Å²) in [6.07, 6.45) is 3.23. The molecule has 0 aliphatic carbocycles. The lowest BCUT2D eigenvalue weighted by Gasteiger charge is -2.27. The van der Waals surface area contributed by atoms with E-state index < -0.39 is 19.9 Å². The Labute approximate surface area is 127 Å². The van der Waals surface area contributed by atoms with E-state index in [1.54, 1.807) is 0 Å². The third kappa shape index (κ3) is 5.50. The summed E-state index contributed by atoms with van der Waals surface area (Å²) in [5.41, 5.74) is 0. The topological polar surface area (TPSA) is 71.5 Å². The van der Waals surface area contributed by atoms with Crippen LogP contribution in [0.5, 0.6) is 0 Å². The molecule has 1 unspecified atom stereocenters. The Hall–Kier alpha value is 0.150. The monoisotopic (exact) mass is 345 g/mol. The molecule has 0 spiro atoms. The summed E-state index contributed by atoms with van der Waals surface area (Å²) in [4.78, 5) is 0. The van der Waals surface area contributed by atoms with Crippen LogP contribution in [0, 0.1) is 0 Å². The van der Waals surface area contributed by atoms with Gasteiger partial charge in [-0.25, -0.2) is 16.8 Å². The average molecular weight is 346 g/mol. The Morgan fingerprint density at radius 3 is 2.45 bits per heavy atom. The van der Waals surface area contributed by atoms with Crippen molar-refractivity contribution in [2.24, 2.45) is 0 Å². The van der Waals surface area contributed by atoms with E-state index in [0.717, 1.165) is 12.8 Å². The number of alkyl halides is 1. The van der Waals surface area contributed by atoms with Crippen molar-refractivity contribution >= 4 is 31.5 Å². The van der Waals surface area contributed by atoms with Crippen LogP contribution in [0.15, 0.2) is 0 Å². The van der Waals surface area contributed by atoms with Gasteiger partial charge in [-0.1, -0.05) is 13.3 Å². The minimum absolute atomic E-state index is 0.0363. The Morgan fingerprint density at radius 1 is 1.25 bits per heavy atom. The lowest BCUT2D eigenvalue weighted by atomic mass is 10.2. The Balaban J connectivity index is 2.78. The van der Waals surface area contributed by atoms with Crippen molar-refractivity contribution in [2.75, 3.05) is 29.7 Å². The largest absolute Gasteiger partial charge is 0.229 e. The molecule has 1 aliphatic rings. The number of nitrogens with zero attached hydrogens (tertiary/aromatic N) is 1. The van der Waals surface area contributed by atoms with Gasteiger partial charge < -0.3 is 0 Å². The molecule has 20 heavy (non-hydrogen) atoms. The maximum absolute atomic E-state index is 12.4. The molecule has 0 aromatic rings. The fourth-order valence-corrected chi connectivity index (χ4v) is 6.22. The van der Waals surface area contributed by atoms with Gasteiger partial charge >= 0.3 is 0 Å². The smallest absolute Gasteiger partial charge is 0.214 e. The van der Waals surface area contributed by atoms with Gasteiger partial charge in [0, 0.05) is 18.5 Å². The highest BCUT2D eigenvalue weighted by Gasteiger charge is 2.37. The van der Waals surface area contributed by atoms with Crippen LogP contribution in [0.2, 0.25) is 0 Å². The molecule has 1 saturated heterocycles. The second-order valence-corrected chi connectivity index (χ2v) is 9.88. The van der Waals surface area contributed by atoms with E-state index in [1.807, 2.05) is 6.92 Å². The van der Waals surface area contributed by atoms with E-state index >= 15 is 0 Å². The molecular weight excluding hydrogens is 322 g/mol. The highest BCUT2D eigenvalue weighted by molar-refractivity contribution is 7.92. The van der Waals surface area contributed by atoms with E-state index in [-0.39, 0.29) is 23.3 Å². The zero-order valence-corrected chi connectivity index (χ0v) is 14.3. The molecule has 1 atom stereocenters. The zero-order chi connectivity index (χ0) is 15.2. The van der Waals surface area contributed by atoms with Crippen molar-refractivity contribution in [2.45, 2.75) is 45.1 Å². The first-order valence-electron chi connectivity index (χ1n) is 7.08. The van der Waals surface area contributed by atoms with Gasteiger partial charge in [0.05, 0.1) is 17.3 Å². The van der Waals surface area contributed by atoms with Crippen molar-refractivity contribution in [3.05, 3.63) is 0 Å².